The Balaban J connectivity index is 1.26. The van der Waals surface area contributed by atoms with Gasteiger partial charge in [-0.25, -0.2) is 8.42 Å². The van der Waals surface area contributed by atoms with Crippen molar-refractivity contribution < 1.29 is 22.4 Å². The number of piperazine rings is 1. The number of hydrogen-bond acceptors (Lipinski definition) is 5. The van der Waals surface area contributed by atoms with Crippen molar-refractivity contribution in [2.75, 3.05) is 39.3 Å². The van der Waals surface area contributed by atoms with Crippen LogP contribution in [0.5, 0.6) is 0 Å². The quantitative estimate of drug-likeness (QED) is 0.617. The number of benzene rings is 1. The molecule has 8 nitrogen and oxygen atoms in total. The number of furan rings is 1. The van der Waals surface area contributed by atoms with Crippen LogP contribution >= 0.6 is 0 Å². The monoisotopic (exact) mass is 473 g/mol. The molecular formula is C24H31N3O5S. The maximum Gasteiger partial charge on any atom is 0.289 e. The fourth-order valence-corrected chi connectivity index (χ4v) is 5.80. The number of nitrogens with zero attached hydrogens (tertiary/aromatic N) is 3. The van der Waals surface area contributed by atoms with Gasteiger partial charge in [0.2, 0.25) is 11.0 Å². The standard InChI is InChI=1S/C24H31N3O5S/c28-22(11-7-10-20-8-3-1-4-9-20)25-16-18-26(19-17-25)24(29)21-12-13-23(32-21)33(30,31)27-14-5-2-6-15-27/h1,3-4,8-9,12-13H,2,5-7,10-11,14-19H2. The summed E-state index contributed by atoms with van der Waals surface area (Å²) in [4.78, 5) is 28.8. The van der Waals surface area contributed by atoms with E-state index in [1.54, 1.807) is 9.80 Å². The zero-order valence-electron chi connectivity index (χ0n) is 18.8. The first-order chi connectivity index (χ1) is 15.9. The van der Waals surface area contributed by atoms with E-state index in [0.717, 1.165) is 32.1 Å². The molecule has 178 valence electrons. The fourth-order valence-electron chi connectivity index (χ4n) is 4.37. The Kier molecular flexibility index (Phi) is 7.49. The molecule has 2 saturated heterocycles. The molecule has 0 unspecified atom stereocenters. The lowest BCUT2D eigenvalue weighted by Crippen LogP contribution is -2.50. The van der Waals surface area contributed by atoms with E-state index in [2.05, 4.69) is 12.1 Å². The topological polar surface area (TPSA) is 91.1 Å². The molecule has 0 aliphatic carbocycles. The summed E-state index contributed by atoms with van der Waals surface area (Å²) in [6, 6.07) is 12.9. The van der Waals surface area contributed by atoms with E-state index in [1.165, 1.54) is 22.0 Å². The second-order valence-electron chi connectivity index (χ2n) is 8.60. The average molecular weight is 474 g/mol. The largest absolute Gasteiger partial charge is 0.438 e. The molecule has 2 fully saturated rings. The number of amides is 2. The summed E-state index contributed by atoms with van der Waals surface area (Å²) in [5.74, 6) is -0.217. The van der Waals surface area contributed by atoms with Crippen molar-refractivity contribution in [2.24, 2.45) is 0 Å². The van der Waals surface area contributed by atoms with E-state index < -0.39 is 10.0 Å². The van der Waals surface area contributed by atoms with E-state index >= 15 is 0 Å². The van der Waals surface area contributed by atoms with Crippen LogP contribution in [0.1, 0.15) is 48.2 Å². The normalized spacial score (nSPS) is 17.8. The Labute approximate surface area is 195 Å². The van der Waals surface area contributed by atoms with E-state index in [9.17, 15) is 18.0 Å². The predicted molar refractivity (Wildman–Crippen MR) is 123 cm³/mol. The second kappa shape index (κ2) is 10.5. The van der Waals surface area contributed by atoms with Crippen LogP contribution in [0.4, 0.5) is 0 Å². The van der Waals surface area contributed by atoms with Crippen molar-refractivity contribution in [1.82, 2.24) is 14.1 Å². The van der Waals surface area contributed by atoms with Gasteiger partial charge in [-0.15, -0.1) is 0 Å². The minimum atomic E-state index is -3.71. The van der Waals surface area contributed by atoms with Gasteiger partial charge in [-0.2, -0.15) is 4.31 Å². The van der Waals surface area contributed by atoms with Crippen LogP contribution in [-0.4, -0.2) is 73.6 Å². The number of piperidine rings is 1. The summed E-state index contributed by atoms with van der Waals surface area (Å²) in [5.41, 5.74) is 1.22. The van der Waals surface area contributed by atoms with Gasteiger partial charge in [-0.05, 0) is 43.4 Å². The molecule has 2 amide bonds. The Morgan fingerprint density at radius 1 is 0.818 bits per heavy atom. The number of carbonyl (C=O) groups excluding carboxylic acids is 2. The highest BCUT2D eigenvalue weighted by Gasteiger charge is 2.31. The molecule has 1 aromatic heterocycles. The van der Waals surface area contributed by atoms with Gasteiger partial charge >= 0.3 is 0 Å². The maximum absolute atomic E-state index is 12.8. The molecule has 1 aromatic carbocycles. The lowest BCUT2D eigenvalue weighted by atomic mass is 10.1. The van der Waals surface area contributed by atoms with Gasteiger partial charge in [0.05, 0.1) is 0 Å². The Morgan fingerprint density at radius 2 is 1.48 bits per heavy atom. The van der Waals surface area contributed by atoms with Gasteiger partial charge < -0.3 is 14.2 Å². The third-order valence-electron chi connectivity index (χ3n) is 6.32. The Morgan fingerprint density at radius 3 is 2.18 bits per heavy atom. The minimum Gasteiger partial charge on any atom is -0.438 e. The van der Waals surface area contributed by atoms with Crippen LogP contribution in [0.15, 0.2) is 52.0 Å². The first-order valence-corrected chi connectivity index (χ1v) is 13.1. The van der Waals surface area contributed by atoms with Crippen molar-refractivity contribution in [3.63, 3.8) is 0 Å². The third kappa shape index (κ3) is 5.65. The maximum atomic E-state index is 12.8. The highest BCUT2D eigenvalue weighted by atomic mass is 32.2. The molecule has 0 radical (unpaired) electrons. The van der Waals surface area contributed by atoms with Crippen molar-refractivity contribution in [2.45, 2.75) is 43.6 Å². The Hall–Kier alpha value is -2.65. The number of sulfonamides is 1. The van der Waals surface area contributed by atoms with Crippen molar-refractivity contribution in [1.29, 1.82) is 0 Å². The summed E-state index contributed by atoms with van der Waals surface area (Å²) in [5, 5.41) is -0.181. The molecule has 0 bridgehead atoms. The van der Waals surface area contributed by atoms with Crippen LogP contribution < -0.4 is 0 Å². The van der Waals surface area contributed by atoms with Gasteiger partial charge in [-0.3, -0.25) is 9.59 Å². The lowest BCUT2D eigenvalue weighted by Gasteiger charge is -2.34. The first-order valence-electron chi connectivity index (χ1n) is 11.7. The highest BCUT2D eigenvalue weighted by Crippen LogP contribution is 2.23. The lowest BCUT2D eigenvalue weighted by molar-refractivity contribution is -0.132. The van der Waals surface area contributed by atoms with E-state index in [0.29, 0.717) is 45.7 Å². The fraction of sp³-hybridized carbons (Fsp3) is 0.500. The van der Waals surface area contributed by atoms with Crippen molar-refractivity contribution >= 4 is 21.8 Å². The van der Waals surface area contributed by atoms with Crippen LogP contribution in [0.3, 0.4) is 0 Å². The van der Waals surface area contributed by atoms with Crippen molar-refractivity contribution in [3.8, 4) is 0 Å². The van der Waals surface area contributed by atoms with Crippen LogP contribution in [0, 0.1) is 0 Å². The number of hydrogen-bond donors (Lipinski definition) is 0. The summed E-state index contributed by atoms with van der Waals surface area (Å²) >= 11 is 0. The average Bonchev–Trinajstić information content (AvgIpc) is 3.36. The molecular weight excluding hydrogens is 442 g/mol. The molecule has 4 rings (SSSR count). The summed E-state index contributed by atoms with van der Waals surface area (Å²) in [6.45, 7) is 2.70. The van der Waals surface area contributed by atoms with Crippen LogP contribution in [-0.2, 0) is 21.2 Å². The summed E-state index contributed by atoms with van der Waals surface area (Å²) in [7, 11) is -3.71. The molecule has 2 aliphatic rings. The zero-order chi connectivity index (χ0) is 23.3. The molecule has 0 spiro atoms. The zero-order valence-corrected chi connectivity index (χ0v) is 19.6. The SMILES string of the molecule is O=C(CCCc1ccccc1)N1CCN(C(=O)c2ccc(S(=O)(=O)N3CCCCC3)o2)CC1. The van der Waals surface area contributed by atoms with Crippen molar-refractivity contribution in [3.05, 3.63) is 53.8 Å². The molecule has 3 heterocycles. The van der Waals surface area contributed by atoms with E-state index in [1.807, 2.05) is 18.2 Å². The first kappa shape index (κ1) is 23.5. The van der Waals surface area contributed by atoms with Crippen LogP contribution in [0.25, 0.3) is 0 Å². The van der Waals surface area contributed by atoms with Gasteiger partial charge in [0, 0.05) is 45.7 Å². The van der Waals surface area contributed by atoms with Gasteiger partial charge in [0.1, 0.15) is 0 Å². The number of rotatable bonds is 7. The molecule has 0 saturated carbocycles. The van der Waals surface area contributed by atoms with E-state index in [4.69, 9.17) is 4.42 Å². The molecule has 2 aromatic rings. The summed E-state index contributed by atoms with van der Waals surface area (Å²) in [6.07, 6.45) is 4.84. The number of carbonyl (C=O) groups is 2. The molecule has 0 atom stereocenters. The van der Waals surface area contributed by atoms with Gasteiger partial charge in [-0.1, -0.05) is 36.8 Å². The number of aryl methyl sites for hydroxylation is 1. The second-order valence-corrected chi connectivity index (χ2v) is 10.5. The molecule has 33 heavy (non-hydrogen) atoms. The molecule has 9 heteroatoms. The molecule has 2 aliphatic heterocycles. The minimum absolute atomic E-state index is 0.0215. The Bertz CT molecular complexity index is 1050. The van der Waals surface area contributed by atoms with E-state index in [-0.39, 0.29) is 22.7 Å². The highest BCUT2D eigenvalue weighted by molar-refractivity contribution is 7.89. The summed E-state index contributed by atoms with van der Waals surface area (Å²) < 4.78 is 32.4. The molecule has 0 N–H and O–H groups in total. The van der Waals surface area contributed by atoms with Gasteiger partial charge in [0.15, 0.2) is 5.76 Å². The third-order valence-corrected chi connectivity index (χ3v) is 8.09. The predicted octanol–water partition coefficient (Wildman–Crippen LogP) is 2.76. The van der Waals surface area contributed by atoms with Crippen LogP contribution in [0.2, 0.25) is 0 Å². The smallest absolute Gasteiger partial charge is 0.289 e. The van der Waals surface area contributed by atoms with Gasteiger partial charge in [0.25, 0.3) is 15.9 Å².